The summed E-state index contributed by atoms with van der Waals surface area (Å²) in [7, 11) is 1.40. The molecule has 0 aliphatic heterocycles. The van der Waals surface area contributed by atoms with Crippen molar-refractivity contribution in [2.75, 3.05) is 31.1 Å². The monoisotopic (exact) mass is 281 g/mol. The second kappa shape index (κ2) is 6.50. The molecule has 0 aliphatic carbocycles. The molecule has 1 atom stereocenters. The van der Waals surface area contributed by atoms with Crippen LogP contribution in [0, 0.1) is 0 Å². The first-order chi connectivity index (χ1) is 8.90. The number of nitrogens with zero attached hydrogens (tertiary/aromatic N) is 2. The molecule has 10 heteroatoms. The maximum atomic E-state index is 12.6. The summed E-state index contributed by atoms with van der Waals surface area (Å²) in [6, 6.07) is 0.130. The Morgan fingerprint density at radius 1 is 1.47 bits per heavy atom. The van der Waals surface area contributed by atoms with Crippen LogP contribution in [0.4, 0.5) is 24.9 Å². The molecule has 0 amide bonds. The Morgan fingerprint density at radius 2 is 2.16 bits per heavy atom. The summed E-state index contributed by atoms with van der Waals surface area (Å²) in [4.78, 5) is 6.91. The van der Waals surface area contributed by atoms with E-state index in [0.717, 1.165) is 6.07 Å². The highest BCUT2D eigenvalue weighted by molar-refractivity contribution is 5.43. The lowest BCUT2D eigenvalue weighted by molar-refractivity contribution is -0.141. The Kier molecular flexibility index (Phi) is 5.27. The van der Waals surface area contributed by atoms with Crippen molar-refractivity contribution in [1.29, 1.82) is 0 Å². The third-order valence-corrected chi connectivity index (χ3v) is 2.09. The second-order valence-electron chi connectivity index (χ2n) is 3.58. The number of aliphatic hydroxyl groups excluding tert-OH is 1. The summed E-state index contributed by atoms with van der Waals surface area (Å²) in [6.07, 6.45) is -4.62. The Morgan fingerprint density at radius 3 is 2.63 bits per heavy atom. The molecular weight excluding hydrogens is 267 g/mol. The van der Waals surface area contributed by atoms with Crippen LogP contribution < -0.4 is 16.6 Å². The zero-order valence-electron chi connectivity index (χ0n) is 10.0. The van der Waals surface area contributed by atoms with E-state index in [2.05, 4.69) is 15.3 Å². The molecule has 5 N–H and O–H groups in total. The number of ether oxygens (including phenoxy) is 1. The van der Waals surface area contributed by atoms with Crippen LogP contribution in [0.1, 0.15) is 5.69 Å². The molecule has 1 rings (SSSR count). The number of hydrogen-bond donors (Lipinski definition) is 4. The molecule has 0 aliphatic rings. The first-order valence-corrected chi connectivity index (χ1v) is 5.20. The largest absolute Gasteiger partial charge is 0.433 e. The highest BCUT2D eigenvalue weighted by Crippen LogP contribution is 2.29. The van der Waals surface area contributed by atoms with Crippen LogP contribution in [0.3, 0.4) is 0 Å². The van der Waals surface area contributed by atoms with E-state index in [1.807, 2.05) is 5.43 Å². The van der Waals surface area contributed by atoms with Gasteiger partial charge in [-0.15, -0.1) is 0 Å². The van der Waals surface area contributed by atoms with Gasteiger partial charge in [-0.25, -0.2) is 10.8 Å². The van der Waals surface area contributed by atoms with Crippen LogP contribution in [0.25, 0.3) is 0 Å². The molecule has 1 heterocycles. The number of aromatic nitrogens is 2. The third-order valence-electron chi connectivity index (χ3n) is 2.09. The summed E-state index contributed by atoms with van der Waals surface area (Å²) in [6.45, 7) is -0.224. The maximum Gasteiger partial charge on any atom is 0.433 e. The molecular formula is C9H14F3N5O2. The van der Waals surface area contributed by atoms with Gasteiger partial charge in [0.05, 0.1) is 19.3 Å². The quantitative estimate of drug-likeness (QED) is 0.436. The topological polar surface area (TPSA) is 105 Å². The number of anilines is 2. The number of alkyl halides is 3. The van der Waals surface area contributed by atoms with Crippen molar-refractivity contribution >= 4 is 11.8 Å². The standard InChI is InChI=1S/C9H14F3N5O2/c1-19-4-5(3-18)14-7-2-6(9(10,11)12)15-8(16-7)17-13/h2,5,18H,3-4,13H2,1H3,(H2,14,15,16,17). The number of nitrogen functional groups attached to an aromatic ring is 1. The number of halogens is 3. The molecule has 1 unspecified atom stereocenters. The van der Waals surface area contributed by atoms with Crippen LogP contribution in [-0.2, 0) is 10.9 Å². The Labute approximate surface area is 107 Å². The number of methoxy groups -OCH3 is 1. The molecule has 7 nitrogen and oxygen atoms in total. The van der Waals surface area contributed by atoms with Crippen molar-refractivity contribution < 1.29 is 23.0 Å². The highest BCUT2D eigenvalue weighted by atomic mass is 19.4. The molecule has 0 spiro atoms. The second-order valence-corrected chi connectivity index (χ2v) is 3.58. The third kappa shape index (κ3) is 4.50. The summed E-state index contributed by atoms with van der Waals surface area (Å²) in [5.74, 6) is 4.51. The average molecular weight is 281 g/mol. The summed E-state index contributed by atoms with van der Waals surface area (Å²) in [5, 5.41) is 11.6. The Hall–Kier alpha value is -1.65. The van der Waals surface area contributed by atoms with E-state index in [1.54, 1.807) is 0 Å². The van der Waals surface area contributed by atoms with E-state index in [1.165, 1.54) is 7.11 Å². The van der Waals surface area contributed by atoms with E-state index >= 15 is 0 Å². The summed E-state index contributed by atoms with van der Waals surface area (Å²) < 4.78 is 42.6. The molecule has 0 fully saturated rings. The molecule has 0 radical (unpaired) electrons. The summed E-state index contributed by atoms with van der Waals surface area (Å²) >= 11 is 0. The molecule has 0 bridgehead atoms. The van der Waals surface area contributed by atoms with Gasteiger partial charge in [0.2, 0.25) is 5.95 Å². The van der Waals surface area contributed by atoms with Crippen LogP contribution in [-0.4, -0.2) is 41.4 Å². The number of hydrogen-bond acceptors (Lipinski definition) is 7. The molecule has 0 aromatic carbocycles. The van der Waals surface area contributed by atoms with Crippen LogP contribution >= 0.6 is 0 Å². The number of aliphatic hydroxyl groups is 1. The van der Waals surface area contributed by atoms with E-state index in [0.29, 0.717) is 0 Å². The van der Waals surface area contributed by atoms with E-state index in [9.17, 15) is 13.2 Å². The molecule has 108 valence electrons. The van der Waals surface area contributed by atoms with Crippen molar-refractivity contribution in [1.82, 2.24) is 9.97 Å². The van der Waals surface area contributed by atoms with E-state index in [4.69, 9.17) is 15.7 Å². The zero-order valence-corrected chi connectivity index (χ0v) is 10.0. The number of nitrogens with two attached hydrogens (primary N) is 1. The van der Waals surface area contributed by atoms with Gasteiger partial charge in [-0.1, -0.05) is 0 Å². The minimum absolute atomic E-state index is 0.104. The van der Waals surface area contributed by atoms with Crippen molar-refractivity contribution in [3.05, 3.63) is 11.8 Å². The Balaban J connectivity index is 3.00. The van der Waals surface area contributed by atoms with Gasteiger partial charge >= 0.3 is 6.18 Å². The van der Waals surface area contributed by atoms with Crippen LogP contribution in [0.15, 0.2) is 6.07 Å². The lowest BCUT2D eigenvalue weighted by Gasteiger charge is -2.17. The lowest BCUT2D eigenvalue weighted by atomic mass is 10.3. The van der Waals surface area contributed by atoms with E-state index in [-0.39, 0.29) is 25.0 Å². The van der Waals surface area contributed by atoms with Crippen LogP contribution in [0.5, 0.6) is 0 Å². The van der Waals surface area contributed by atoms with Crippen molar-refractivity contribution in [3.63, 3.8) is 0 Å². The minimum atomic E-state index is -4.62. The number of rotatable bonds is 6. The first-order valence-electron chi connectivity index (χ1n) is 5.20. The van der Waals surface area contributed by atoms with Gasteiger partial charge in [0.1, 0.15) is 5.82 Å². The van der Waals surface area contributed by atoms with Gasteiger partial charge < -0.3 is 15.2 Å². The number of hydrazine groups is 1. The molecule has 0 saturated heterocycles. The fraction of sp³-hybridized carbons (Fsp3) is 0.556. The van der Waals surface area contributed by atoms with Gasteiger partial charge in [0.25, 0.3) is 0 Å². The number of nitrogens with one attached hydrogen (secondary N) is 2. The van der Waals surface area contributed by atoms with Crippen LogP contribution in [0.2, 0.25) is 0 Å². The zero-order chi connectivity index (χ0) is 14.5. The lowest BCUT2D eigenvalue weighted by Crippen LogP contribution is -2.29. The predicted octanol–water partition coefficient (Wildman–Crippen LogP) is 0.200. The van der Waals surface area contributed by atoms with Crippen molar-refractivity contribution in [3.8, 4) is 0 Å². The normalized spacial score (nSPS) is 13.2. The van der Waals surface area contributed by atoms with Gasteiger partial charge in [-0.3, -0.25) is 5.43 Å². The smallest absolute Gasteiger partial charge is 0.394 e. The van der Waals surface area contributed by atoms with Gasteiger partial charge in [0.15, 0.2) is 5.69 Å². The van der Waals surface area contributed by atoms with Gasteiger partial charge in [-0.05, 0) is 0 Å². The van der Waals surface area contributed by atoms with Gasteiger partial charge in [-0.2, -0.15) is 18.2 Å². The molecule has 19 heavy (non-hydrogen) atoms. The predicted molar refractivity (Wildman–Crippen MR) is 61.2 cm³/mol. The SMILES string of the molecule is COCC(CO)Nc1cc(C(F)(F)F)nc(NN)n1. The molecule has 0 saturated carbocycles. The highest BCUT2D eigenvalue weighted by Gasteiger charge is 2.33. The fourth-order valence-corrected chi connectivity index (χ4v) is 1.28. The van der Waals surface area contributed by atoms with E-state index < -0.39 is 17.9 Å². The van der Waals surface area contributed by atoms with Crippen molar-refractivity contribution in [2.24, 2.45) is 5.84 Å². The first kappa shape index (κ1) is 15.4. The van der Waals surface area contributed by atoms with Crippen molar-refractivity contribution in [2.45, 2.75) is 12.2 Å². The Bertz CT molecular complexity index is 415. The minimum Gasteiger partial charge on any atom is -0.394 e. The molecule has 1 aromatic rings. The fourth-order valence-electron chi connectivity index (χ4n) is 1.28. The average Bonchev–Trinajstić information content (AvgIpc) is 2.36. The molecule has 1 aromatic heterocycles. The maximum absolute atomic E-state index is 12.6. The summed E-state index contributed by atoms with van der Waals surface area (Å²) in [5.41, 5.74) is 0.801. The van der Waals surface area contributed by atoms with Gasteiger partial charge in [0, 0.05) is 13.2 Å².